The number of nitrogens with zero attached hydrogens (tertiary/aromatic N) is 3. The van der Waals surface area contributed by atoms with E-state index in [1.807, 2.05) is 17.7 Å². The van der Waals surface area contributed by atoms with E-state index in [1.165, 1.54) is 0 Å². The van der Waals surface area contributed by atoms with Crippen LogP contribution in [0.4, 0.5) is 0 Å². The van der Waals surface area contributed by atoms with Gasteiger partial charge in [0.15, 0.2) is 5.65 Å². The van der Waals surface area contributed by atoms with Crippen molar-refractivity contribution in [2.45, 2.75) is 6.42 Å². The van der Waals surface area contributed by atoms with Gasteiger partial charge in [0.1, 0.15) is 11.3 Å². The Kier molecular flexibility index (Phi) is 2.61. The molecule has 2 heterocycles. The molecule has 0 aliphatic carbocycles. The summed E-state index contributed by atoms with van der Waals surface area (Å²) in [5.41, 5.74) is 1.66. The predicted molar refractivity (Wildman–Crippen MR) is 57.9 cm³/mol. The first kappa shape index (κ1) is 9.74. The second-order valence-electron chi connectivity index (χ2n) is 3.02. The Balaban J connectivity index is 2.61. The number of pyridine rings is 1. The third kappa shape index (κ3) is 1.57. The van der Waals surface area contributed by atoms with E-state index < -0.39 is 0 Å². The molecule has 0 spiro atoms. The lowest BCUT2D eigenvalue weighted by molar-refractivity contribution is 0.823. The molecule has 0 saturated heterocycles. The molecule has 2 rings (SSSR count). The minimum absolute atomic E-state index is 0.560. The average Bonchev–Trinajstić information content (AvgIpc) is 2.44. The van der Waals surface area contributed by atoms with Crippen LogP contribution < -0.4 is 0 Å². The maximum absolute atomic E-state index is 5.82. The van der Waals surface area contributed by atoms with Crippen molar-refractivity contribution in [2.24, 2.45) is 7.05 Å². The minimum Gasteiger partial charge on any atom is -0.316 e. The van der Waals surface area contributed by atoms with Crippen molar-refractivity contribution in [1.82, 2.24) is 14.5 Å². The van der Waals surface area contributed by atoms with Gasteiger partial charge in [-0.15, -0.1) is 11.6 Å². The number of aryl methyl sites for hydroxylation is 2. The number of fused-ring (bicyclic) bond motifs is 1. The molecule has 74 valence electrons. The second kappa shape index (κ2) is 3.75. The predicted octanol–water partition coefficient (Wildman–Crippen LogP) is 2.40. The lowest BCUT2D eigenvalue weighted by atomic mass is 10.4. The molecule has 0 bridgehead atoms. The highest BCUT2D eigenvalue weighted by Gasteiger charge is 2.08. The molecule has 0 unspecified atom stereocenters. The van der Waals surface area contributed by atoms with Crippen molar-refractivity contribution in [3.05, 3.63) is 23.1 Å². The number of halogens is 2. The third-order valence-corrected chi connectivity index (χ3v) is 2.48. The lowest BCUT2D eigenvalue weighted by Crippen LogP contribution is -1.98. The van der Waals surface area contributed by atoms with E-state index in [1.54, 1.807) is 6.20 Å². The fourth-order valence-electron chi connectivity index (χ4n) is 1.41. The van der Waals surface area contributed by atoms with Crippen LogP contribution in [0.1, 0.15) is 5.82 Å². The molecule has 0 aliphatic heterocycles. The minimum atomic E-state index is 0.560. The maximum Gasteiger partial charge on any atom is 0.159 e. The first-order valence-electron chi connectivity index (χ1n) is 4.25. The number of hydrogen-bond donors (Lipinski definition) is 0. The van der Waals surface area contributed by atoms with Crippen LogP contribution in [-0.4, -0.2) is 20.4 Å². The van der Waals surface area contributed by atoms with E-state index in [0.29, 0.717) is 10.9 Å². The Hall–Kier alpha value is -0.800. The van der Waals surface area contributed by atoms with Gasteiger partial charge in [0.25, 0.3) is 0 Å². The molecule has 0 aliphatic rings. The van der Waals surface area contributed by atoms with Crippen LogP contribution in [0.5, 0.6) is 0 Å². The van der Waals surface area contributed by atoms with Gasteiger partial charge in [-0.2, -0.15) is 0 Å². The maximum atomic E-state index is 5.82. The molecule has 0 fully saturated rings. The Bertz CT molecular complexity index is 464. The van der Waals surface area contributed by atoms with E-state index >= 15 is 0 Å². The molecule has 0 amide bonds. The summed E-state index contributed by atoms with van der Waals surface area (Å²) in [5, 5.41) is 0.605. The van der Waals surface area contributed by atoms with Crippen LogP contribution >= 0.6 is 23.2 Å². The Morgan fingerprint density at radius 1 is 1.50 bits per heavy atom. The van der Waals surface area contributed by atoms with Gasteiger partial charge in [-0.05, 0) is 6.07 Å². The largest absolute Gasteiger partial charge is 0.316 e. The van der Waals surface area contributed by atoms with E-state index in [2.05, 4.69) is 9.97 Å². The zero-order valence-corrected chi connectivity index (χ0v) is 9.18. The van der Waals surface area contributed by atoms with Gasteiger partial charge < -0.3 is 4.57 Å². The average molecular weight is 230 g/mol. The molecular formula is C9H9Cl2N3. The van der Waals surface area contributed by atoms with Gasteiger partial charge in [-0.3, -0.25) is 0 Å². The zero-order valence-electron chi connectivity index (χ0n) is 7.67. The van der Waals surface area contributed by atoms with Crippen LogP contribution in [0.3, 0.4) is 0 Å². The fraction of sp³-hybridized carbons (Fsp3) is 0.333. The summed E-state index contributed by atoms with van der Waals surface area (Å²) in [6.07, 6.45) is 2.36. The first-order valence-corrected chi connectivity index (χ1v) is 5.16. The molecule has 14 heavy (non-hydrogen) atoms. The molecule has 3 nitrogen and oxygen atoms in total. The smallest absolute Gasteiger partial charge is 0.159 e. The van der Waals surface area contributed by atoms with Crippen LogP contribution in [0, 0.1) is 0 Å². The van der Waals surface area contributed by atoms with Crippen LogP contribution in [0.15, 0.2) is 12.3 Å². The molecule has 0 saturated carbocycles. The number of hydrogen-bond acceptors (Lipinski definition) is 2. The van der Waals surface area contributed by atoms with E-state index in [0.717, 1.165) is 23.4 Å². The van der Waals surface area contributed by atoms with Crippen molar-refractivity contribution < 1.29 is 0 Å². The van der Waals surface area contributed by atoms with Gasteiger partial charge in [-0.25, -0.2) is 9.97 Å². The van der Waals surface area contributed by atoms with Gasteiger partial charge in [-0.1, -0.05) is 11.6 Å². The summed E-state index contributed by atoms with van der Waals surface area (Å²) in [5.74, 6) is 1.50. The van der Waals surface area contributed by atoms with Gasteiger partial charge >= 0.3 is 0 Å². The normalized spacial score (nSPS) is 11.1. The van der Waals surface area contributed by atoms with Crippen molar-refractivity contribution in [3.8, 4) is 0 Å². The van der Waals surface area contributed by atoms with Crippen LogP contribution in [0.2, 0.25) is 5.02 Å². The van der Waals surface area contributed by atoms with E-state index in [4.69, 9.17) is 23.2 Å². The highest BCUT2D eigenvalue weighted by atomic mass is 35.5. The SMILES string of the molecule is Cn1c(CCCl)nc2cc(Cl)cnc21. The van der Waals surface area contributed by atoms with E-state index in [9.17, 15) is 0 Å². The summed E-state index contributed by atoms with van der Waals surface area (Å²) < 4.78 is 1.94. The number of alkyl halides is 1. The van der Waals surface area contributed by atoms with Crippen molar-refractivity contribution in [1.29, 1.82) is 0 Å². The zero-order chi connectivity index (χ0) is 10.1. The Labute approximate surface area is 91.7 Å². The molecule has 2 aromatic rings. The highest BCUT2D eigenvalue weighted by Crippen LogP contribution is 2.17. The van der Waals surface area contributed by atoms with E-state index in [-0.39, 0.29) is 0 Å². The summed E-state index contributed by atoms with van der Waals surface area (Å²) >= 11 is 11.5. The number of aromatic nitrogens is 3. The number of imidazole rings is 1. The molecule has 0 N–H and O–H groups in total. The van der Waals surface area contributed by atoms with Crippen LogP contribution in [-0.2, 0) is 13.5 Å². The first-order chi connectivity index (χ1) is 6.72. The van der Waals surface area contributed by atoms with Gasteiger partial charge in [0, 0.05) is 25.5 Å². The molecule has 0 atom stereocenters. The molecule has 0 aromatic carbocycles. The lowest BCUT2D eigenvalue weighted by Gasteiger charge is -1.97. The highest BCUT2D eigenvalue weighted by molar-refractivity contribution is 6.31. The molecular weight excluding hydrogens is 221 g/mol. The van der Waals surface area contributed by atoms with Crippen molar-refractivity contribution >= 4 is 34.4 Å². The second-order valence-corrected chi connectivity index (χ2v) is 3.84. The van der Waals surface area contributed by atoms with Gasteiger partial charge in [0.05, 0.1) is 5.02 Å². The summed E-state index contributed by atoms with van der Waals surface area (Å²) in [6, 6.07) is 1.81. The molecule has 0 radical (unpaired) electrons. The van der Waals surface area contributed by atoms with Gasteiger partial charge in [0.2, 0.25) is 0 Å². The Morgan fingerprint density at radius 3 is 3.00 bits per heavy atom. The quantitative estimate of drug-likeness (QED) is 0.741. The van der Waals surface area contributed by atoms with Crippen LogP contribution in [0.25, 0.3) is 11.2 Å². The summed E-state index contributed by atoms with van der Waals surface area (Å²) in [6.45, 7) is 0. The topological polar surface area (TPSA) is 30.7 Å². The van der Waals surface area contributed by atoms with Crippen molar-refractivity contribution in [2.75, 3.05) is 5.88 Å². The Morgan fingerprint density at radius 2 is 2.29 bits per heavy atom. The summed E-state index contributed by atoms with van der Waals surface area (Å²) in [7, 11) is 1.93. The standard InChI is InChI=1S/C9H9Cl2N3/c1-14-8(2-3-10)13-7-4-6(11)5-12-9(7)14/h4-5H,2-3H2,1H3. The fourth-order valence-corrected chi connectivity index (χ4v) is 1.73. The number of rotatable bonds is 2. The third-order valence-electron chi connectivity index (χ3n) is 2.09. The molecule has 2 aromatic heterocycles. The molecule has 5 heteroatoms. The monoisotopic (exact) mass is 229 g/mol. The summed E-state index contributed by atoms with van der Waals surface area (Å²) in [4.78, 5) is 8.60. The van der Waals surface area contributed by atoms with Crippen molar-refractivity contribution in [3.63, 3.8) is 0 Å².